The molecule has 6 nitrogen and oxygen atoms in total. The standard InChI is InChI=1S/C19H20N4O2/c1-12-14-15(20)16(19(24)23-10-6-3-7-11-23)25-18(14)22-17(21-12)13-8-4-2-5-9-13/h2,4-5,8-9H,3,6-7,10-11,20H2,1H3. The number of fused-ring (bicyclic) bond motifs is 1. The highest BCUT2D eigenvalue weighted by Crippen LogP contribution is 2.32. The lowest BCUT2D eigenvalue weighted by Gasteiger charge is -2.25. The van der Waals surface area contributed by atoms with Crippen molar-refractivity contribution in [3.8, 4) is 11.4 Å². The number of likely N-dealkylation sites (tertiary alicyclic amines) is 1. The van der Waals surface area contributed by atoms with Gasteiger partial charge in [-0.05, 0) is 26.2 Å². The molecule has 25 heavy (non-hydrogen) atoms. The van der Waals surface area contributed by atoms with Crippen LogP contribution in [-0.2, 0) is 0 Å². The predicted octanol–water partition coefficient (Wildman–Crippen LogP) is 3.41. The third-order valence-corrected chi connectivity index (χ3v) is 4.64. The van der Waals surface area contributed by atoms with Crippen molar-refractivity contribution in [2.75, 3.05) is 18.8 Å². The van der Waals surface area contributed by atoms with E-state index < -0.39 is 0 Å². The molecule has 1 fully saturated rings. The van der Waals surface area contributed by atoms with Crippen LogP contribution in [0, 0.1) is 6.92 Å². The van der Waals surface area contributed by atoms with E-state index >= 15 is 0 Å². The number of benzene rings is 1. The molecule has 1 aromatic carbocycles. The number of nitrogens with zero attached hydrogens (tertiary/aromatic N) is 3. The summed E-state index contributed by atoms with van der Waals surface area (Å²) in [7, 11) is 0. The van der Waals surface area contributed by atoms with Crippen molar-refractivity contribution in [2.24, 2.45) is 0 Å². The third kappa shape index (κ3) is 2.73. The number of carbonyl (C=O) groups is 1. The van der Waals surface area contributed by atoms with Gasteiger partial charge in [0.25, 0.3) is 5.91 Å². The normalized spacial score (nSPS) is 14.8. The highest BCUT2D eigenvalue weighted by Gasteiger charge is 2.27. The molecule has 3 aromatic rings. The van der Waals surface area contributed by atoms with Gasteiger partial charge in [0, 0.05) is 18.7 Å². The third-order valence-electron chi connectivity index (χ3n) is 4.64. The Labute approximate surface area is 145 Å². The maximum absolute atomic E-state index is 12.8. The highest BCUT2D eigenvalue weighted by molar-refractivity contribution is 6.05. The fourth-order valence-corrected chi connectivity index (χ4v) is 3.31. The molecule has 1 aliphatic rings. The molecule has 0 atom stereocenters. The minimum absolute atomic E-state index is 0.157. The lowest BCUT2D eigenvalue weighted by molar-refractivity contribution is 0.0695. The highest BCUT2D eigenvalue weighted by atomic mass is 16.4. The Morgan fingerprint density at radius 3 is 2.56 bits per heavy atom. The second kappa shape index (κ2) is 6.20. The van der Waals surface area contributed by atoms with Gasteiger partial charge in [0.2, 0.25) is 11.5 Å². The summed E-state index contributed by atoms with van der Waals surface area (Å²) in [6, 6.07) is 9.68. The lowest BCUT2D eigenvalue weighted by atomic mass is 10.1. The topological polar surface area (TPSA) is 85.2 Å². The number of furan rings is 1. The summed E-state index contributed by atoms with van der Waals surface area (Å²) in [5.41, 5.74) is 8.52. The van der Waals surface area contributed by atoms with E-state index in [9.17, 15) is 4.79 Å². The van der Waals surface area contributed by atoms with Gasteiger partial charge in [0.1, 0.15) is 0 Å². The maximum atomic E-state index is 12.8. The summed E-state index contributed by atoms with van der Waals surface area (Å²) < 4.78 is 5.79. The van der Waals surface area contributed by atoms with Crippen LogP contribution < -0.4 is 5.73 Å². The minimum atomic E-state index is -0.157. The van der Waals surface area contributed by atoms with Crippen molar-refractivity contribution in [3.63, 3.8) is 0 Å². The summed E-state index contributed by atoms with van der Waals surface area (Å²) in [5.74, 6) is 0.590. The smallest absolute Gasteiger partial charge is 0.291 e. The van der Waals surface area contributed by atoms with Crippen LogP contribution in [0.15, 0.2) is 34.7 Å². The Kier molecular flexibility index (Phi) is 3.87. The first-order chi connectivity index (χ1) is 12.1. The van der Waals surface area contributed by atoms with Crippen molar-refractivity contribution in [1.82, 2.24) is 14.9 Å². The van der Waals surface area contributed by atoms with E-state index in [2.05, 4.69) is 9.97 Å². The number of hydrogen-bond acceptors (Lipinski definition) is 5. The van der Waals surface area contributed by atoms with Crippen molar-refractivity contribution in [3.05, 3.63) is 41.8 Å². The fraction of sp³-hybridized carbons (Fsp3) is 0.316. The van der Waals surface area contributed by atoms with Gasteiger partial charge >= 0.3 is 0 Å². The van der Waals surface area contributed by atoms with Gasteiger partial charge in [-0.15, -0.1) is 0 Å². The number of rotatable bonds is 2. The molecule has 0 unspecified atom stereocenters. The van der Waals surface area contributed by atoms with E-state index in [4.69, 9.17) is 10.2 Å². The SMILES string of the molecule is Cc1nc(-c2ccccc2)nc2oc(C(=O)N3CCCCC3)c(N)c12. The van der Waals surface area contributed by atoms with Crippen LogP contribution in [0.5, 0.6) is 0 Å². The van der Waals surface area contributed by atoms with Gasteiger partial charge in [0.05, 0.1) is 16.8 Å². The largest absolute Gasteiger partial charge is 0.430 e. The summed E-state index contributed by atoms with van der Waals surface area (Å²) in [4.78, 5) is 23.6. The zero-order chi connectivity index (χ0) is 17.4. The van der Waals surface area contributed by atoms with Crippen LogP contribution in [0.4, 0.5) is 5.69 Å². The van der Waals surface area contributed by atoms with E-state index in [1.165, 1.54) is 0 Å². The Balaban J connectivity index is 1.79. The average molecular weight is 336 g/mol. The molecule has 1 saturated heterocycles. The molecule has 0 bridgehead atoms. The number of anilines is 1. The Morgan fingerprint density at radius 2 is 1.84 bits per heavy atom. The predicted molar refractivity (Wildman–Crippen MR) is 96.1 cm³/mol. The molecule has 128 valence electrons. The Morgan fingerprint density at radius 1 is 1.12 bits per heavy atom. The summed E-state index contributed by atoms with van der Waals surface area (Å²) >= 11 is 0. The summed E-state index contributed by atoms with van der Waals surface area (Å²) in [5, 5.41) is 0.625. The molecule has 0 aliphatic carbocycles. The van der Waals surface area contributed by atoms with Crippen molar-refractivity contribution >= 4 is 22.7 Å². The number of aryl methyl sites for hydroxylation is 1. The number of nitrogen functional groups attached to an aromatic ring is 1. The molecule has 0 spiro atoms. The lowest BCUT2D eigenvalue weighted by Crippen LogP contribution is -2.35. The first kappa shape index (κ1) is 15.6. The molecule has 2 aromatic heterocycles. The van der Waals surface area contributed by atoms with Crippen molar-refractivity contribution in [2.45, 2.75) is 26.2 Å². The van der Waals surface area contributed by atoms with Gasteiger partial charge in [-0.1, -0.05) is 30.3 Å². The monoisotopic (exact) mass is 336 g/mol. The van der Waals surface area contributed by atoms with E-state index in [0.29, 0.717) is 28.3 Å². The van der Waals surface area contributed by atoms with Gasteiger partial charge in [-0.25, -0.2) is 4.98 Å². The number of aromatic nitrogens is 2. The Hall–Kier alpha value is -2.89. The van der Waals surface area contributed by atoms with E-state index in [0.717, 1.165) is 37.9 Å². The molecule has 2 N–H and O–H groups in total. The minimum Gasteiger partial charge on any atom is -0.430 e. The van der Waals surface area contributed by atoms with Crippen LogP contribution in [0.1, 0.15) is 35.5 Å². The zero-order valence-electron chi connectivity index (χ0n) is 14.2. The van der Waals surface area contributed by atoms with Crippen LogP contribution in [-0.4, -0.2) is 33.9 Å². The van der Waals surface area contributed by atoms with Crippen LogP contribution in [0.2, 0.25) is 0 Å². The van der Waals surface area contributed by atoms with Gasteiger partial charge in [-0.2, -0.15) is 4.98 Å². The number of carbonyl (C=O) groups excluding carboxylic acids is 1. The molecule has 1 amide bonds. The van der Waals surface area contributed by atoms with Crippen molar-refractivity contribution in [1.29, 1.82) is 0 Å². The second-order valence-corrected chi connectivity index (χ2v) is 6.38. The first-order valence-corrected chi connectivity index (χ1v) is 8.56. The zero-order valence-corrected chi connectivity index (χ0v) is 14.2. The maximum Gasteiger partial charge on any atom is 0.291 e. The average Bonchev–Trinajstić information content (AvgIpc) is 2.99. The molecule has 6 heteroatoms. The Bertz CT molecular complexity index is 927. The molecule has 3 heterocycles. The summed E-state index contributed by atoms with van der Waals surface area (Å²) in [6.45, 7) is 3.35. The molecule has 0 saturated carbocycles. The molecule has 0 radical (unpaired) electrons. The van der Waals surface area contributed by atoms with Crippen LogP contribution in [0.3, 0.4) is 0 Å². The van der Waals surface area contributed by atoms with Crippen LogP contribution >= 0.6 is 0 Å². The fourth-order valence-electron chi connectivity index (χ4n) is 3.31. The van der Waals surface area contributed by atoms with E-state index in [1.54, 1.807) is 4.90 Å². The number of piperidine rings is 1. The first-order valence-electron chi connectivity index (χ1n) is 8.56. The molecular formula is C19H20N4O2. The second-order valence-electron chi connectivity index (χ2n) is 6.38. The van der Waals surface area contributed by atoms with Gasteiger partial charge in [-0.3, -0.25) is 4.79 Å². The molecule has 1 aliphatic heterocycles. The molecular weight excluding hydrogens is 316 g/mol. The summed E-state index contributed by atoms with van der Waals surface area (Å²) in [6.07, 6.45) is 3.19. The van der Waals surface area contributed by atoms with Gasteiger partial charge in [0.15, 0.2) is 5.82 Å². The van der Waals surface area contributed by atoms with E-state index in [1.807, 2.05) is 37.3 Å². The van der Waals surface area contributed by atoms with Gasteiger partial charge < -0.3 is 15.1 Å². The van der Waals surface area contributed by atoms with E-state index in [-0.39, 0.29) is 11.7 Å². The quantitative estimate of drug-likeness (QED) is 0.775. The number of hydrogen-bond donors (Lipinski definition) is 1. The number of amides is 1. The molecule has 4 rings (SSSR count). The van der Waals surface area contributed by atoms with Crippen molar-refractivity contribution < 1.29 is 9.21 Å². The van der Waals surface area contributed by atoms with Crippen LogP contribution in [0.25, 0.3) is 22.5 Å². The number of nitrogens with two attached hydrogens (primary N) is 1.